The summed E-state index contributed by atoms with van der Waals surface area (Å²) in [5.74, 6) is -0.539. The van der Waals surface area contributed by atoms with Crippen LogP contribution < -0.4 is 5.32 Å². The second-order valence-corrected chi connectivity index (χ2v) is 13.0. The van der Waals surface area contributed by atoms with E-state index in [0.29, 0.717) is 35.2 Å². The number of carbonyl (C=O) groups excluding carboxylic acids is 1. The first kappa shape index (κ1) is 30.6. The number of halogens is 1. The lowest BCUT2D eigenvalue weighted by atomic mass is 9.71. The second kappa shape index (κ2) is 13.2. The molecular weight excluding hydrogens is 562 g/mol. The van der Waals surface area contributed by atoms with Crippen molar-refractivity contribution in [3.63, 3.8) is 0 Å². The monoisotopic (exact) mass is 601 g/mol. The molecule has 1 heterocycles. The van der Waals surface area contributed by atoms with Crippen molar-refractivity contribution < 1.29 is 19.4 Å². The minimum Gasteiger partial charge on any atom is -0.481 e. The van der Waals surface area contributed by atoms with Gasteiger partial charge < -0.3 is 20.1 Å². The number of carboxylic acids is 1. The van der Waals surface area contributed by atoms with Gasteiger partial charge in [0, 0.05) is 23.2 Å². The van der Waals surface area contributed by atoms with Crippen LogP contribution in [0.1, 0.15) is 74.8 Å². The number of hydrogen-bond acceptors (Lipinski definition) is 4. The summed E-state index contributed by atoms with van der Waals surface area (Å²) in [5, 5.41) is 12.2. The number of amides is 1. The largest absolute Gasteiger partial charge is 0.481 e. The molecule has 1 aliphatic carbocycles. The number of hydrogen-bond donors (Lipinski definition) is 2. The third-order valence-electron chi connectivity index (χ3n) is 8.67. The molecule has 1 atom stereocenters. The number of carboxylic acid groups (broad SMARTS) is 1. The molecule has 8 heteroatoms. The number of ether oxygens (including phenoxy) is 1. The molecule has 0 spiro atoms. The zero-order valence-electron chi connectivity index (χ0n) is 25.1. The van der Waals surface area contributed by atoms with Crippen molar-refractivity contribution in [1.29, 1.82) is 0 Å². The fourth-order valence-electron chi connectivity index (χ4n) is 6.17. The minimum absolute atomic E-state index is 0.0233. The molecule has 1 saturated heterocycles. The number of rotatable bonds is 8. The standard InChI is InChI=1S/C35H40ClN3O4/c1-35(2,3)27-13-17-30(18-14-27)39-31(24-7-9-25(10-8-24)33(42)37-20-19-32(40)41)22-43-34(39)38-29-15-11-23(12-16-29)26-5-4-6-28(36)21-26/h4-12,15-16,21,27,30-31H,13-14,17-20,22H2,1-3H3,(H,37,42)(H,40,41)/b38-34-. The van der Waals surface area contributed by atoms with E-state index in [1.807, 2.05) is 48.5 Å². The molecule has 0 aromatic heterocycles. The van der Waals surface area contributed by atoms with E-state index in [9.17, 15) is 9.59 Å². The molecule has 7 nitrogen and oxygen atoms in total. The first-order valence-electron chi connectivity index (χ1n) is 15.0. The summed E-state index contributed by atoms with van der Waals surface area (Å²) in [7, 11) is 0. The van der Waals surface area contributed by atoms with Crippen molar-refractivity contribution in [2.45, 2.75) is 65.0 Å². The van der Waals surface area contributed by atoms with Crippen LogP contribution in [-0.2, 0) is 9.53 Å². The Bertz CT molecular complexity index is 1460. The van der Waals surface area contributed by atoms with E-state index in [-0.39, 0.29) is 30.3 Å². The maximum atomic E-state index is 12.5. The molecule has 5 rings (SSSR count). The van der Waals surface area contributed by atoms with Crippen LogP contribution in [0.2, 0.25) is 5.02 Å². The quantitative estimate of drug-likeness (QED) is 0.274. The molecular formula is C35H40ClN3O4. The van der Waals surface area contributed by atoms with Crippen LogP contribution in [0.5, 0.6) is 0 Å². The van der Waals surface area contributed by atoms with Crippen LogP contribution in [-0.4, -0.2) is 47.1 Å². The molecule has 1 aliphatic heterocycles. The Morgan fingerprint density at radius 2 is 1.67 bits per heavy atom. The second-order valence-electron chi connectivity index (χ2n) is 12.6. The van der Waals surface area contributed by atoms with Crippen molar-refractivity contribution in [2.24, 2.45) is 16.3 Å². The number of amidine groups is 1. The maximum absolute atomic E-state index is 12.5. The zero-order valence-corrected chi connectivity index (χ0v) is 25.8. The summed E-state index contributed by atoms with van der Waals surface area (Å²) < 4.78 is 6.29. The van der Waals surface area contributed by atoms with Crippen LogP contribution >= 0.6 is 11.6 Å². The van der Waals surface area contributed by atoms with E-state index in [2.05, 4.69) is 43.1 Å². The highest BCUT2D eigenvalue weighted by Gasteiger charge is 2.40. The summed E-state index contributed by atoms with van der Waals surface area (Å²) in [6.45, 7) is 7.57. The van der Waals surface area contributed by atoms with E-state index in [1.165, 1.54) is 0 Å². The van der Waals surface area contributed by atoms with Gasteiger partial charge in [0.25, 0.3) is 11.9 Å². The SMILES string of the molecule is CC(C)(C)C1CCC(N2/C(=N/c3ccc(-c4cccc(Cl)c4)cc3)OCC2c2ccc(C(=O)NCCC(=O)O)cc2)CC1. The van der Waals surface area contributed by atoms with Crippen LogP contribution in [0.25, 0.3) is 11.1 Å². The van der Waals surface area contributed by atoms with E-state index in [4.69, 9.17) is 26.4 Å². The predicted octanol–water partition coefficient (Wildman–Crippen LogP) is 7.88. The molecule has 2 N–H and O–H groups in total. The van der Waals surface area contributed by atoms with Crippen LogP contribution in [0.3, 0.4) is 0 Å². The lowest BCUT2D eigenvalue weighted by Gasteiger charge is -2.41. The van der Waals surface area contributed by atoms with Crippen molar-refractivity contribution in [3.8, 4) is 11.1 Å². The Hall–Kier alpha value is -3.84. The number of nitrogens with one attached hydrogen (secondary N) is 1. The van der Waals surface area contributed by atoms with Gasteiger partial charge in [-0.3, -0.25) is 9.59 Å². The first-order valence-corrected chi connectivity index (χ1v) is 15.4. The smallest absolute Gasteiger partial charge is 0.305 e. The molecule has 43 heavy (non-hydrogen) atoms. The van der Waals surface area contributed by atoms with Crippen molar-refractivity contribution in [2.75, 3.05) is 13.2 Å². The molecule has 2 aliphatic rings. The van der Waals surface area contributed by atoms with Gasteiger partial charge in [-0.15, -0.1) is 0 Å². The Kier molecular flexibility index (Phi) is 9.40. The fraction of sp³-hybridized carbons (Fsp3) is 0.400. The first-order chi connectivity index (χ1) is 20.6. The van der Waals surface area contributed by atoms with Gasteiger partial charge in [-0.05, 0) is 90.1 Å². The normalized spacial score (nSPS) is 21.4. The Balaban J connectivity index is 1.37. The molecule has 2 fully saturated rings. The lowest BCUT2D eigenvalue weighted by Crippen LogP contribution is -2.42. The van der Waals surface area contributed by atoms with Crippen LogP contribution in [0, 0.1) is 11.3 Å². The van der Waals surface area contributed by atoms with Gasteiger partial charge in [-0.1, -0.05) is 68.8 Å². The molecule has 226 valence electrons. The molecule has 3 aromatic carbocycles. The van der Waals surface area contributed by atoms with Crippen molar-refractivity contribution in [1.82, 2.24) is 10.2 Å². The highest BCUT2D eigenvalue weighted by molar-refractivity contribution is 6.30. The van der Waals surface area contributed by atoms with Gasteiger partial charge in [-0.25, -0.2) is 0 Å². The van der Waals surface area contributed by atoms with Gasteiger partial charge in [0.1, 0.15) is 6.61 Å². The number of aliphatic imine (C=N–C) groups is 1. The number of nitrogens with zero attached hydrogens (tertiary/aromatic N) is 2. The minimum atomic E-state index is -0.942. The number of carbonyl (C=O) groups is 2. The Morgan fingerprint density at radius 1 is 0.977 bits per heavy atom. The van der Waals surface area contributed by atoms with E-state index < -0.39 is 5.97 Å². The topological polar surface area (TPSA) is 91.2 Å². The van der Waals surface area contributed by atoms with E-state index in [1.54, 1.807) is 12.1 Å². The predicted molar refractivity (Wildman–Crippen MR) is 171 cm³/mol. The van der Waals surface area contributed by atoms with Gasteiger partial charge >= 0.3 is 5.97 Å². The fourth-order valence-corrected chi connectivity index (χ4v) is 6.36. The average Bonchev–Trinajstić information content (AvgIpc) is 3.40. The number of aliphatic carboxylic acids is 1. The highest BCUT2D eigenvalue weighted by Crippen LogP contribution is 2.42. The zero-order chi connectivity index (χ0) is 30.6. The van der Waals surface area contributed by atoms with Crippen molar-refractivity contribution in [3.05, 3.63) is 88.9 Å². The third-order valence-corrected chi connectivity index (χ3v) is 8.91. The molecule has 0 radical (unpaired) electrons. The maximum Gasteiger partial charge on any atom is 0.305 e. The Morgan fingerprint density at radius 3 is 2.30 bits per heavy atom. The Labute approximate surface area is 258 Å². The van der Waals surface area contributed by atoms with Gasteiger partial charge in [-0.2, -0.15) is 4.99 Å². The van der Waals surface area contributed by atoms with E-state index in [0.717, 1.165) is 48.1 Å². The van der Waals surface area contributed by atoms with Gasteiger partial charge in [0.2, 0.25) is 0 Å². The third kappa shape index (κ3) is 7.57. The highest BCUT2D eigenvalue weighted by atomic mass is 35.5. The van der Waals surface area contributed by atoms with Gasteiger partial charge in [0.15, 0.2) is 0 Å². The molecule has 1 saturated carbocycles. The van der Waals surface area contributed by atoms with Gasteiger partial charge in [0.05, 0.1) is 18.2 Å². The summed E-state index contributed by atoms with van der Waals surface area (Å²) in [5.41, 5.74) is 4.79. The number of benzene rings is 3. The molecule has 1 amide bonds. The van der Waals surface area contributed by atoms with E-state index >= 15 is 0 Å². The van der Waals surface area contributed by atoms with Crippen LogP contribution in [0.15, 0.2) is 77.8 Å². The molecule has 1 unspecified atom stereocenters. The summed E-state index contributed by atoms with van der Waals surface area (Å²) in [6, 6.07) is 24.4. The molecule has 0 bridgehead atoms. The average molecular weight is 602 g/mol. The summed E-state index contributed by atoms with van der Waals surface area (Å²) >= 11 is 6.20. The van der Waals surface area contributed by atoms with Crippen molar-refractivity contribution >= 4 is 35.2 Å². The van der Waals surface area contributed by atoms with Crippen LogP contribution in [0.4, 0.5) is 5.69 Å². The molecule has 3 aromatic rings. The summed E-state index contributed by atoms with van der Waals surface area (Å²) in [6.07, 6.45) is 4.35. The lowest BCUT2D eigenvalue weighted by molar-refractivity contribution is -0.136. The summed E-state index contributed by atoms with van der Waals surface area (Å²) in [4.78, 5) is 30.6.